The van der Waals surface area contributed by atoms with E-state index in [1.165, 1.54) is 7.11 Å². The summed E-state index contributed by atoms with van der Waals surface area (Å²) in [5.41, 5.74) is 1.08. The summed E-state index contributed by atoms with van der Waals surface area (Å²) < 4.78 is 6.65. The Kier molecular flexibility index (Phi) is 3.92. The summed E-state index contributed by atoms with van der Waals surface area (Å²) in [6.07, 6.45) is 3.03. The van der Waals surface area contributed by atoms with Gasteiger partial charge < -0.3 is 14.4 Å². The summed E-state index contributed by atoms with van der Waals surface area (Å²) in [5, 5.41) is 11.3. The second-order valence-electron chi connectivity index (χ2n) is 6.73. The summed E-state index contributed by atoms with van der Waals surface area (Å²) in [6.45, 7) is 0. The third-order valence-electron chi connectivity index (χ3n) is 5.40. The summed E-state index contributed by atoms with van der Waals surface area (Å²) in [7, 11) is 1.21. The molecule has 0 atom stereocenters. The van der Waals surface area contributed by atoms with Gasteiger partial charge in [-0.15, -0.1) is 0 Å². The van der Waals surface area contributed by atoms with Gasteiger partial charge >= 0.3 is 5.97 Å². The standard InChI is InChI=1S/C20H18ClNO4/c1-26-19(25)16-17(23)15-9-8-14(12-4-6-13(21)7-5-12)22(15)20(18(16)24)10-2-3-11-20/h4-9,23H,2-3,10-11H2,1H3. The van der Waals surface area contributed by atoms with Gasteiger partial charge in [-0.1, -0.05) is 36.6 Å². The lowest BCUT2D eigenvalue weighted by Crippen LogP contribution is -2.46. The zero-order chi connectivity index (χ0) is 18.5. The topological polar surface area (TPSA) is 68.5 Å². The highest BCUT2D eigenvalue weighted by molar-refractivity contribution is 6.30. The highest BCUT2D eigenvalue weighted by atomic mass is 35.5. The number of Topliss-reactive ketones (excluding diaryl/α,β-unsaturated/α-hetero) is 1. The third-order valence-corrected chi connectivity index (χ3v) is 5.65. The number of ether oxygens (including phenoxy) is 1. The summed E-state index contributed by atoms with van der Waals surface area (Å²) >= 11 is 5.99. The minimum absolute atomic E-state index is 0.248. The number of fused-ring (bicyclic) bond motifs is 2. The van der Waals surface area contributed by atoms with Crippen LogP contribution in [-0.4, -0.2) is 28.5 Å². The highest BCUT2D eigenvalue weighted by Crippen LogP contribution is 2.48. The monoisotopic (exact) mass is 371 g/mol. The Morgan fingerprint density at radius 3 is 2.35 bits per heavy atom. The molecule has 0 unspecified atom stereocenters. The van der Waals surface area contributed by atoms with E-state index in [9.17, 15) is 14.7 Å². The molecular weight excluding hydrogens is 354 g/mol. The lowest BCUT2D eigenvalue weighted by molar-refractivity contribution is -0.139. The van der Waals surface area contributed by atoms with E-state index in [2.05, 4.69) is 0 Å². The number of ketones is 1. The van der Waals surface area contributed by atoms with E-state index in [-0.39, 0.29) is 17.1 Å². The van der Waals surface area contributed by atoms with Gasteiger partial charge in [-0.2, -0.15) is 0 Å². The van der Waals surface area contributed by atoms with E-state index in [1.54, 1.807) is 18.2 Å². The molecule has 0 bridgehead atoms. The fraction of sp³-hybridized carbons (Fsp3) is 0.300. The largest absolute Gasteiger partial charge is 0.505 e. The minimum atomic E-state index is -0.858. The lowest BCUT2D eigenvalue weighted by Gasteiger charge is -2.37. The van der Waals surface area contributed by atoms with E-state index in [4.69, 9.17) is 16.3 Å². The molecule has 26 heavy (non-hydrogen) atoms. The second kappa shape index (κ2) is 6.02. The van der Waals surface area contributed by atoms with Gasteiger partial charge in [-0.05, 0) is 42.7 Å². The fourth-order valence-corrected chi connectivity index (χ4v) is 4.33. The Morgan fingerprint density at radius 2 is 1.73 bits per heavy atom. The molecule has 1 aliphatic heterocycles. The van der Waals surface area contributed by atoms with Gasteiger partial charge in [-0.25, -0.2) is 4.79 Å². The van der Waals surface area contributed by atoms with E-state index in [0.717, 1.165) is 24.1 Å². The molecule has 1 aliphatic carbocycles. The Morgan fingerprint density at radius 1 is 1.12 bits per heavy atom. The summed E-state index contributed by atoms with van der Waals surface area (Å²) in [5.74, 6) is -1.47. The number of benzene rings is 1. The van der Waals surface area contributed by atoms with Gasteiger partial charge in [0.25, 0.3) is 0 Å². The summed E-state index contributed by atoms with van der Waals surface area (Å²) in [4.78, 5) is 25.5. The molecule has 1 aromatic heterocycles. The Balaban J connectivity index is 1.99. The van der Waals surface area contributed by atoms with Crippen molar-refractivity contribution in [3.8, 4) is 11.3 Å². The van der Waals surface area contributed by atoms with Crippen molar-refractivity contribution in [2.45, 2.75) is 31.2 Å². The maximum Gasteiger partial charge on any atom is 0.345 e. The van der Waals surface area contributed by atoms with Crippen molar-refractivity contribution in [3.05, 3.63) is 52.7 Å². The number of esters is 1. The van der Waals surface area contributed by atoms with Crippen LogP contribution in [0.3, 0.4) is 0 Å². The quantitative estimate of drug-likeness (QED) is 0.637. The van der Waals surface area contributed by atoms with Gasteiger partial charge in [0.15, 0.2) is 11.5 Å². The minimum Gasteiger partial charge on any atom is -0.505 e. The first kappa shape index (κ1) is 16.9. The van der Waals surface area contributed by atoms with Gasteiger partial charge in [0.2, 0.25) is 0 Å². The van der Waals surface area contributed by atoms with Crippen molar-refractivity contribution in [2.24, 2.45) is 0 Å². The Bertz CT molecular complexity index is 933. The van der Waals surface area contributed by atoms with Crippen LogP contribution in [0.5, 0.6) is 0 Å². The van der Waals surface area contributed by atoms with Crippen LogP contribution in [0.25, 0.3) is 17.0 Å². The lowest BCUT2D eigenvalue weighted by atomic mass is 9.82. The first-order chi connectivity index (χ1) is 12.5. The Labute approximate surface area is 155 Å². The average Bonchev–Trinajstić information content (AvgIpc) is 3.29. The average molecular weight is 372 g/mol. The Hall–Kier alpha value is -2.53. The molecule has 2 heterocycles. The predicted molar refractivity (Wildman–Crippen MR) is 97.9 cm³/mol. The number of halogens is 1. The van der Waals surface area contributed by atoms with Gasteiger partial charge in [0, 0.05) is 10.7 Å². The van der Waals surface area contributed by atoms with E-state index < -0.39 is 11.5 Å². The smallest absolute Gasteiger partial charge is 0.345 e. The zero-order valence-corrected chi connectivity index (χ0v) is 15.0. The molecule has 0 amide bonds. The number of nitrogens with zero attached hydrogens (tertiary/aromatic N) is 1. The van der Waals surface area contributed by atoms with E-state index in [0.29, 0.717) is 23.6 Å². The molecule has 2 aliphatic rings. The number of aliphatic hydroxyl groups is 1. The molecule has 2 aromatic rings. The van der Waals surface area contributed by atoms with Crippen molar-refractivity contribution in [3.63, 3.8) is 0 Å². The van der Waals surface area contributed by atoms with E-state index >= 15 is 0 Å². The van der Waals surface area contributed by atoms with Crippen molar-refractivity contribution in [1.29, 1.82) is 0 Å². The maximum atomic E-state index is 13.3. The molecule has 1 saturated carbocycles. The van der Waals surface area contributed by atoms with Crippen LogP contribution < -0.4 is 0 Å². The molecule has 6 heteroatoms. The predicted octanol–water partition coefficient (Wildman–Crippen LogP) is 4.10. The summed E-state index contributed by atoms with van der Waals surface area (Å²) in [6, 6.07) is 11.0. The number of carbonyl (C=O) groups excluding carboxylic acids is 2. The van der Waals surface area contributed by atoms with Crippen molar-refractivity contribution in [2.75, 3.05) is 7.11 Å². The van der Waals surface area contributed by atoms with Crippen LogP contribution in [-0.2, 0) is 19.9 Å². The van der Waals surface area contributed by atoms with Crippen molar-refractivity contribution >= 4 is 29.1 Å². The molecular formula is C20H18ClNO4. The number of methoxy groups -OCH3 is 1. The molecule has 0 saturated heterocycles. The van der Waals surface area contributed by atoms with Gasteiger partial charge in [0.05, 0.1) is 12.8 Å². The SMILES string of the molecule is COC(=O)C1=C(O)c2ccc(-c3ccc(Cl)cc3)n2C2(CCCC2)C1=O. The normalized spacial score (nSPS) is 18.3. The number of carbonyl (C=O) groups is 2. The van der Waals surface area contributed by atoms with Crippen LogP contribution in [0.4, 0.5) is 0 Å². The van der Waals surface area contributed by atoms with E-state index in [1.807, 2.05) is 22.8 Å². The molecule has 1 aromatic carbocycles. The first-order valence-electron chi connectivity index (χ1n) is 8.54. The zero-order valence-electron chi connectivity index (χ0n) is 14.3. The highest BCUT2D eigenvalue weighted by Gasteiger charge is 2.52. The van der Waals surface area contributed by atoms with Crippen molar-refractivity contribution in [1.82, 2.24) is 4.57 Å². The number of rotatable bonds is 2. The number of aliphatic hydroxyl groups excluding tert-OH is 1. The molecule has 5 nitrogen and oxygen atoms in total. The fourth-order valence-electron chi connectivity index (χ4n) is 4.20. The first-order valence-corrected chi connectivity index (χ1v) is 8.92. The third kappa shape index (κ3) is 2.23. The van der Waals surface area contributed by atoms with Gasteiger partial charge in [0.1, 0.15) is 11.1 Å². The maximum absolute atomic E-state index is 13.3. The number of hydrogen-bond acceptors (Lipinski definition) is 4. The van der Waals surface area contributed by atoms with Crippen molar-refractivity contribution < 1.29 is 19.4 Å². The number of hydrogen-bond donors (Lipinski definition) is 1. The van der Waals surface area contributed by atoms with Crippen LogP contribution in [0.1, 0.15) is 31.4 Å². The van der Waals surface area contributed by atoms with Crippen LogP contribution >= 0.6 is 11.6 Å². The van der Waals surface area contributed by atoms with Crippen LogP contribution in [0, 0.1) is 0 Å². The molecule has 1 N–H and O–H groups in total. The van der Waals surface area contributed by atoms with Crippen LogP contribution in [0.15, 0.2) is 42.0 Å². The molecule has 4 rings (SSSR count). The van der Waals surface area contributed by atoms with Crippen LogP contribution in [0.2, 0.25) is 5.02 Å². The molecule has 1 fully saturated rings. The molecule has 0 radical (unpaired) electrons. The second-order valence-corrected chi connectivity index (χ2v) is 7.17. The molecule has 1 spiro atoms. The molecule has 134 valence electrons. The number of aromatic nitrogens is 1. The van der Waals surface area contributed by atoms with Gasteiger partial charge in [-0.3, -0.25) is 4.79 Å².